The maximum atomic E-state index is 11.6. The van der Waals surface area contributed by atoms with Crippen LogP contribution in [0.4, 0.5) is 0 Å². The fourth-order valence-electron chi connectivity index (χ4n) is 1.65. The van der Waals surface area contributed by atoms with Crippen molar-refractivity contribution in [3.05, 3.63) is 0 Å². The van der Waals surface area contributed by atoms with Gasteiger partial charge in [-0.25, -0.2) is 8.42 Å². The molecule has 0 aliphatic carbocycles. The molecule has 2 amide bonds. The molecule has 1 heterocycles. The van der Waals surface area contributed by atoms with Crippen molar-refractivity contribution in [2.75, 3.05) is 18.6 Å². The third-order valence-corrected chi connectivity index (χ3v) is 3.40. The topological polar surface area (TPSA) is 92.3 Å². The maximum absolute atomic E-state index is 11.6. The Balaban J connectivity index is 2.42. The van der Waals surface area contributed by atoms with Gasteiger partial charge in [0, 0.05) is 25.3 Å². The molecule has 0 aromatic heterocycles. The molecule has 1 aliphatic heterocycles. The highest BCUT2D eigenvalue weighted by Gasteiger charge is 2.28. The molecule has 0 saturated carbocycles. The van der Waals surface area contributed by atoms with Gasteiger partial charge in [-0.05, 0) is 6.92 Å². The average molecular weight is 248 g/mol. The summed E-state index contributed by atoms with van der Waals surface area (Å²) in [5.41, 5.74) is 0. The minimum atomic E-state index is -3.10. The summed E-state index contributed by atoms with van der Waals surface area (Å²) < 4.78 is 22.0. The highest BCUT2D eigenvalue weighted by molar-refractivity contribution is 7.90. The van der Waals surface area contributed by atoms with E-state index < -0.39 is 15.9 Å². The molecule has 0 spiro atoms. The first kappa shape index (κ1) is 13.0. The lowest BCUT2D eigenvalue weighted by Gasteiger charge is -2.15. The Labute approximate surface area is 94.7 Å². The number of hydrogen-bond acceptors (Lipinski definition) is 4. The summed E-state index contributed by atoms with van der Waals surface area (Å²) in [4.78, 5) is 22.5. The van der Waals surface area contributed by atoms with Gasteiger partial charge in [-0.1, -0.05) is 0 Å². The normalized spacial score (nSPS) is 22.6. The van der Waals surface area contributed by atoms with Crippen LogP contribution in [0.2, 0.25) is 0 Å². The van der Waals surface area contributed by atoms with Crippen LogP contribution in [0.3, 0.4) is 0 Å². The lowest BCUT2D eigenvalue weighted by Crippen LogP contribution is -2.41. The third kappa shape index (κ3) is 4.18. The zero-order valence-electron chi connectivity index (χ0n) is 9.32. The summed E-state index contributed by atoms with van der Waals surface area (Å²) in [6.07, 6.45) is 1.30. The van der Waals surface area contributed by atoms with Crippen molar-refractivity contribution in [2.45, 2.75) is 19.4 Å². The Kier molecular flexibility index (Phi) is 3.90. The standard InChI is InChI=1S/C9H16N2O4S/c1-6(5-16(2,14)15)11-9(13)7-3-8(12)10-4-7/h6-7H,3-5H2,1-2H3,(H,10,12)(H,11,13). The number of amides is 2. The first-order chi connectivity index (χ1) is 7.28. The van der Waals surface area contributed by atoms with Crippen molar-refractivity contribution >= 4 is 21.7 Å². The van der Waals surface area contributed by atoms with Crippen molar-refractivity contribution in [1.82, 2.24) is 10.6 Å². The molecule has 1 saturated heterocycles. The smallest absolute Gasteiger partial charge is 0.225 e. The predicted molar refractivity (Wildman–Crippen MR) is 58.4 cm³/mol. The van der Waals surface area contributed by atoms with E-state index >= 15 is 0 Å². The van der Waals surface area contributed by atoms with Gasteiger partial charge in [0.05, 0.1) is 11.7 Å². The van der Waals surface area contributed by atoms with Crippen LogP contribution in [-0.4, -0.2) is 44.8 Å². The van der Waals surface area contributed by atoms with Gasteiger partial charge in [0.2, 0.25) is 11.8 Å². The van der Waals surface area contributed by atoms with Crippen LogP contribution in [0.25, 0.3) is 0 Å². The zero-order chi connectivity index (χ0) is 12.3. The summed E-state index contributed by atoms with van der Waals surface area (Å²) in [6, 6.07) is -0.432. The van der Waals surface area contributed by atoms with Gasteiger partial charge in [0.15, 0.2) is 0 Å². The molecule has 2 atom stereocenters. The number of nitrogens with one attached hydrogen (secondary N) is 2. The number of sulfone groups is 1. The third-order valence-electron chi connectivity index (χ3n) is 2.29. The fourth-order valence-corrected chi connectivity index (χ4v) is 2.64. The Morgan fingerprint density at radius 1 is 1.62 bits per heavy atom. The van der Waals surface area contributed by atoms with Gasteiger partial charge >= 0.3 is 0 Å². The van der Waals surface area contributed by atoms with Crippen LogP contribution < -0.4 is 10.6 Å². The summed E-state index contributed by atoms with van der Waals surface area (Å²) in [5, 5.41) is 5.14. The molecule has 0 bridgehead atoms. The zero-order valence-corrected chi connectivity index (χ0v) is 10.1. The van der Waals surface area contributed by atoms with Crippen LogP contribution in [0.1, 0.15) is 13.3 Å². The van der Waals surface area contributed by atoms with E-state index in [4.69, 9.17) is 0 Å². The molecule has 1 aliphatic rings. The molecule has 0 radical (unpaired) electrons. The lowest BCUT2D eigenvalue weighted by atomic mass is 10.1. The lowest BCUT2D eigenvalue weighted by molar-refractivity contribution is -0.126. The first-order valence-electron chi connectivity index (χ1n) is 5.03. The van der Waals surface area contributed by atoms with Gasteiger partial charge < -0.3 is 10.6 Å². The SMILES string of the molecule is CC(CS(C)(=O)=O)NC(=O)C1CNC(=O)C1. The van der Waals surface area contributed by atoms with Crippen LogP contribution in [0.15, 0.2) is 0 Å². The number of carbonyl (C=O) groups excluding carboxylic acids is 2. The average Bonchev–Trinajstić information content (AvgIpc) is 2.47. The number of carbonyl (C=O) groups is 2. The van der Waals surface area contributed by atoms with Crippen LogP contribution in [-0.2, 0) is 19.4 Å². The molecular formula is C9H16N2O4S. The van der Waals surface area contributed by atoms with Crippen molar-refractivity contribution in [3.8, 4) is 0 Å². The van der Waals surface area contributed by atoms with Gasteiger partial charge in [0.1, 0.15) is 9.84 Å². The van der Waals surface area contributed by atoms with Crippen molar-refractivity contribution in [1.29, 1.82) is 0 Å². The van der Waals surface area contributed by atoms with Crippen molar-refractivity contribution in [2.24, 2.45) is 5.92 Å². The molecule has 92 valence electrons. The maximum Gasteiger partial charge on any atom is 0.225 e. The van der Waals surface area contributed by atoms with E-state index in [0.29, 0.717) is 6.54 Å². The Morgan fingerprint density at radius 3 is 2.69 bits per heavy atom. The minimum absolute atomic E-state index is 0.0904. The molecule has 7 heteroatoms. The van der Waals surface area contributed by atoms with E-state index in [0.717, 1.165) is 6.26 Å². The van der Waals surface area contributed by atoms with Gasteiger partial charge in [-0.2, -0.15) is 0 Å². The second kappa shape index (κ2) is 4.82. The van der Waals surface area contributed by atoms with E-state index in [9.17, 15) is 18.0 Å². The Hall–Kier alpha value is -1.11. The monoisotopic (exact) mass is 248 g/mol. The number of rotatable bonds is 4. The summed E-state index contributed by atoms with van der Waals surface area (Å²) in [6.45, 7) is 1.96. The quantitative estimate of drug-likeness (QED) is 0.645. The summed E-state index contributed by atoms with van der Waals surface area (Å²) >= 11 is 0. The molecule has 2 unspecified atom stereocenters. The molecule has 0 aromatic carbocycles. The highest BCUT2D eigenvalue weighted by atomic mass is 32.2. The van der Waals surface area contributed by atoms with E-state index in [-0.39, 0.29) is 29.9 Å². The summed E-state index contributed by atoms with van der Waals surface area (Å²) in [5.74, 6) is -0.882. The molecule has 0 aromatic rings. The fraction of sp³-hybridized carbons (Fsp3) is 0.778. The second-order valence-corrected chi connectivity index (χ2v) is 6.39. The molecule has 1 rings (SSSR count). The number of hydrogen-bond donors (Lipinski definition) is 2. The Morgan fingerprint density at radius 2 is 2.25 bits per heavy atom. The summed E-state index contributed by atoms with van der Waals surface area (Å²) in [7, 11) is -3.10. The first-order valence-corrected chi connectivity index (χ1v) is 7.09. The van der Waals surface area contributed by atoms with Gasteiger partial charge in [-0.3, -0.25) is 9.59 Å². The Bertz CT molecular complexity index is 390. The molecule has 1 fully saturated rings. The molecule has 2 N–H and O–H groups in total. The van der Waals surface area contributed by atoms with Crippen molar-refractivity contribution in [3.63, 3.8) is 0 Å². The van der Waals surface area contributed by atoms with Gasteiger partial charge in [0.25, 0.3) is 0 Å². The van der Waals surface area contributed by atoms with E-state index in [2.05, 4.69) is 10.6 Å². The van der Waals surface area contributed by atoms with E-state index in [1.54, 1.807) is 6.92 Å². The highest BCUT2D eigenvalue weighted by Crippen LogP contribution is 2.09. The molecule has 6 nitrogen and oxygen atoms in total. The minimum Gasteiger partial charge on any atom is -0.355 e. The van der Waals surface area contributed by atoms with Crippen LogP contribution in [0.5, 0.6) is 0 Å². The largest absolute Gasteiger partial charge is 0.355 e. The van der Waals surface area contributed by atoms with Crippen LogP contribution in [0, 0.1) is 5.92 Å². The van der Waals surface area contributed by atoms with Crippen molar-refractivity contribution < 1.29 is 18.0 Å². The molecule has 16 heavy (non-hydrogen) atoms. The van der Waals surface area contributed by atoms with Crippen LogP contribution >= 0.6 is 0 Å². The molecular weight excluding hydrogens is 232 g/mol. The van der Waals surface area contributed by atoms with E-state index in [1.807, 2.05) is 0 Å². The predicted octanol–water partition coefficient (Wildman–Crippen LogP) is -1.33. The van der Waals surface area contributed by atoms with Gasteiger partial charge in [-0.15, -0.1) is 0 Å². The van der Waals surface area contributed by atoms with E-state index in [1.165, 1.54) is 0 Å². The second-order valence-electron chi connectivity index (χ2n) is 4.21.